The molecule has 4 aromatic carbocycles. The molecule has 7 heteroatoms. The molecule has 0 aliphatic carbocycles. The lowest BCUT2D eigenvalue weighted by molar-refractivity contribution is -0.130. The highest BCUT2D eigenvalue weighted by molar-refractivity contribution is 8.04. The largest absolute Gasteiger partial charge is 0.278 e. The molecule has 1 N–H and O–H groups in total. The first-order valence-corrected chi connectivity index (χ1v) is 14.4. The highest BCUT2D eigenvalue weighted by Gasteiger charge is 2.38. The highest BCUT2D eigenvalue weighted by atomic mass is 32.2. The Labute approximate surface area is 236 Å². The van der Waals surface area contributed by atoms with Crippen molar-refractivity contribution in [1.29, 1.82) is 0 Å². The van der Waals surface area contributed by atoms with Crippen molar-refractivity contribution in [3.63, 3.8) is 0 Å². The highest BCUT2D eigenvalue weighted by Crippen LogP contribution is 2.48. The Balaban J connectivity index is 1.29. The van der Waals surface area contributed by atoms with Gasteiger partial charge in [0.15, 0.2) is 0 Å². The number of aryl methyl sites for hydroxylation is 2. The van der Waals surface area contributed by atoms with E-state index in [0.29, 0.717) is 4.91 Å². The van der Waals surface area contributed by atoms with E-state index in [9.17, 15) is 9.59 Å². The van der Waals surface area contributed by atoms with E-state index < -0.39 is 0 Å². The normalized spacial score (nSPS) is 17.3. The molecule has 4 aromatic rings. The van der Waals surface area contributed by atoms with Crippen molar-refractivity contribution in [2.75, 3.05) is 11.4 Å². The van der Waals surface area contributed by atoms with E-state index in [1.165, 1.54) is 17.3 Å². The molecule has 0 saturated carbocycles. The number of hydrogen-bond acceptors (Lipinski definition) is 5. The Kier molecular flexibility index (Phi) is 7.04. The van der Waals surface area contributed by atoms with Gasteiger partial charge in [-0.2, -0.15) is 0 Å². The van der Waals surface area contributed by atoms with Crippen LogP contribution < -0.4 is 10.3 Å². The van der Waals surface area contributed by atoms with Crippen LogP contribution in [0.15, 0.2) is 112 Å². The van der Waals surface area contributed by atoms with Crippen molar-refractivity contribution in [2.45, 2.75) is 29.0 Å². The number of fused-ring (bicyclic) bond motifs is 2. The second-order valence-electron chi connectivity index (χ2n) is 9.58. The van der Waals surface area contributed by atoms with Gasteiger partial charge >= 0.3 is 0 Å². The van der Waals surface area contributed by atoms with Crippen LogP contribution in [-0.2, 0) is 9.59 Å². The molecule has 0 radical (unpaired) electrons. The van der Waals surface area contributed by atoms with Crippen molar-refractivity contribution >= 4 is 52.8 Å². The van der Waals surface area contributed by atoms with Crippen molar-refractivity contribution in [1.82, 2.24) is 10.4 Å². The van der Waals surface area contributed by atoms with Crippen molar-refractivity contribution < 1.29 is 9.59 Å². The minimum absolute atomic E-state index is 0.0280. The summed E-state index contributed by atoms with van der Waals surface area (Å²) in [7, 11) is 0. The van der Waals surface area contributed by atoms with Gasteiger partial charge in [-0.05, 0) is 55.3 Å². The minimum Gasteiger partial charge on any atom is -0.278 e. The van der Waals surface area contributed by atoms with Crippen molar-refractivity contribution in [3.05, 3.63) is 124 Å². The summed E-state index contributed by atoms with van der Waals surface area (Å²) in [5.74, 6) is -0.277. The summed E-state index contributed by atoms with van der Waals surface area (Å²) in [6.45, 7) is 4.06. The second kappa shape index (κ2) is 10.8. The summed E-state index contributed by atoms with van der Waals surface area (Å²) >= 11 is 3.15. The van der Waals surface area contributed by atoms with Crippen LogP contribution in [0.5, 0.6) is 0 Å². The summed E-state index contributed by atoms with van der Waals surface area (Å²) < 4.78 is 0. The zero-order valence-corrected chi connectivity index (χ0v) is 23.3. The van der Waals surface area contributed by atoms with Gasteiger partial charge in [0, 0.05) is 9.79 Å². The second-order valence-corrected chi connectivity index (χ2v) is 11.8. The number of nitrogens with zero attached hydrogens (tertiary/aromatic N) is 2. The zero-order chi connectivity index (χ0) is 26.9. The Morgan fingerprint density at radius 2 is 1.38 bits per heavy atom. The van der Waals surface area contributed by atoms with E-state index in [1.54, 1.807) is 21.7 Å². The number of hydrogen-bond donors (Lipinski definition) is 1. The number of hydrazine groups is 1. The Morgan fingerprint density at radius 1 is 0.821 bits per heavy atom. The summed E-state index contributed by atoms with van der Waals surface area (Å²) in [6.07, 6.45) is 1.92. The van der Waals surface area contributed by atoms with Gasteiger partial charge in [0.05, 0.1) is 22.8 Å². The fourth-order valence-electron chi connectivity index (χ4n) is 4.67. The van der Waals surface area contributed by atoms with Crippen LogP contribution in [0, 0.1) is 13.8 Å². The third-order valence-corrected chi connectivity index (χ3v) is 9.11. The van der Waals surface area contributed by atoms with Gasteiger partial charge in [0.2, 0.25) is 5.91 Å². The predicted molar refractivity (Wildman–Crippen MR) is 160 cm³/mol. The lowest BCUT2D eigenvalue weighted by atomic mass is 10.1. The summed E-state index contributed by atoms with van der Waals surface area (Å²) in [6, 6.07) is 32.1. The van der Waals surface area contributed by atoms with E-state index in [0.717, 1.165) is 37.9 Å². The number of rotatable bonds is 5. The maximum absolute atomic E-state index is 13.8. The molecule has 0 spiro atoms. The van der Waals surface area contributed by atoms with Gasteiger partial charge in [-0.15, -0.1) is 0 Å². The van der Waals surface area contributed by atoms with Crippen LogP contribution in [0.3, 0.4) is 0 Å². The standard InChI is InChI=1S/C32H27N3O2S2/c1-21-11-15-23(16-12-21)19-29-31(37)35(32(39-29)24-17-13-22(2)14-18-24)33-20-30(36)34-25-7-3-5-9-27(25)38-28-10-6-4-8-26(28)34/h3-19,32-33H,20H2,1-2H3/b29-19-. The first-order valence-electron chi connectivity index (χ1n) is 12.8. The van der Waals surface area contributed by atoms with Crippen LogP contribution in [-0.4, -0.2) is 23.4 Å². The van der Waals surface area contributed by atoms with Crippen LogP contribution >= 0.6 is 23.5 Å². The Morgan fingerprint density at radius 3 is 2.00 bits per heavy atom. The lowest BCUT2D eigenvalue weighted by Gasteiger charge is -2.32. The van der Waals surface area contributed by atoms with E-state index >= 15 is 0 Å². The van der Waals surface area contributed by atoms with Gasteiger partial charge in [-0.1, -0.05) is 107 Å². The average molecular weight is 550 g/mol. The van der Waals surface area contributed by atoms with Gasteiger partial charge in [0.25, 0.3) is 5.91 Å². The number of carbonyl (C=O) groups excluding carboxylic acids is 2. The number of nitrogens with one attached hydrogen (secondary N) is 1. The minimum atomic E-state index is -0.293. The van der Waals surface area contributed by atoms with E-state index in [-0.39, 0.29) is 23.7 Å². The predicted octanol–water partition coefficient (Wildman–Crippen LogP) is 7.25. The van der Waals surface area contributed by atoms with Crippen LogP contribution in [0.1, 0.15) is 27.6 Å². The average Bonchev–Trinajstić information content (AvgIpc) is 3.26. The molecule has 1 unspecified atom stereocenters. The Hall–Kier alpha value is -3.78. The third-order valence-electron chi connectivity index (χ3n) is 6.72. The first-order chi connectivity index (χ1) is 19.0. The van der Waals surface area contributed by atoms with Crippen LogP contribution in [0.4, 0.5) is 11.4 Å². The lowest BCUT2D eigenvalue weighted by Crippen LogP contribution is -2.46. The van der Waals surface area contributed by atoms with Gasteiger partial charge in [-0.3, -0.25) is 19.5 Å². The van der Waals surface area contributed by atoms with Crippen molar-refractivity contribution in [3.8, 4) is 0 Å². The Bertz CT molecular complexity index is 1540. The molecule has 39 heavy (non-hydrogen) atoms. The first kappa shape index (κ1) is 25.5. The molecular weight excluding hydrogens is 523 g/mol. The molecule has 194 valence electrons. The molecule has 2 heterocycles. The molecule has 5 nitrogen and oxygen atoms in total. The molecule has 2 amide bonds. The quantitative estimate of drug-likeness (QED) is 0.266. The topological polar surface area (TPSA) is 52.7 Å². The number of thioether (sulfide) groups is 1. The summed E-state index contributed by atoms with van der Waals surface area (Å²) in [4.78, 5) is 31.9. The molecule has 0 aromatic heterocycles. The summed E-state index contributed by atoms with van der Waals surface area (Å²) in [5, 5.41) is 1.31. The summed E-state index contributed by atoms with van der Waals surface area (Å²) in [5.41, 5.74) is 9.19. The molecule has 6 rings (SSSR count). The molecule has 1 atom stereocenters. The number of para-hydroxylation sites is 2. The SMILES string of the molecule is Cc1ccc(/C=C2\SC(c3ccc(C)cc3)N(NCC(=O)N3c4ccccc4Sc4ccccc43)C2=O)cc1. The van der Waals surface area contributed by atoms with E-state index in [1.807, 2.05) is 117 Å². The number of anilines is 2. The molecular formula is C32H27N3O2S2. The molecule has 1 saturated heterocycles. The molecule has 1 fully saturated rings. The molecule has 0 bridgehead atoms. The van der Waals surface area contributed by atoms with E-state index in [4.69, 9.17) is 0 Å². The smallest absolute Gasteiger partial charge is 0.275 e. The molecule has 2 aliphatic heterocycles. The number of carbonyl (C=O) groups is 2. The van der Waals surface area contributed by atoms with Gasteiger partial charge in [-0.25, -0.2) is 5.43 Å². The van der Waals surface area contributed by atoms with Crippen LogP contribution in [0.25, 0.3) is 6.08 Å². The fourth-order valence-corrected chi connectivity index (χ4v) is 6.94. The molecule has 2 aliphatic rings. The van der Waals surface area contributed by atoms with Gasteiger partial charge < -0.3 is 0 Å². The monoisotopic (exact) mass is 549 g/mol. The van der Waals surface area contributed by atoms with Gasteiger partial charge in [0.1, 0.15) is 5.37 Å². The van der Waals surface area contributed by atoms with E-state index in [2.05, 4.69) is 5.43 Å². The fraction of sp³-hybridized carbons (Fsp3) is 0.125. The maximum Gasteiger partial charge on any atom is 0.275 e. The zero-order valence-electron chi connectivity index (χ0n) is 21.6. The number of benzene rings is 4. The third kappa shape index (κ3) is 5.13. The maximum atomic E-state index is 13.8. The number of amides is 2. The van der Waals surface area contributed by atoms with Crippen LogP contribution in [0.2, 0.25) is 0 Å². The van der Waals surface area contributed by atoms with Crippen molar-refractivity contribution in [2.24, 2.45) is 0 Å².